The van der Waals surface area contributed by atoms with E-state index < -0.39 is 23.3 Å². The number of aliphatic hydroxyl groups excluding tert-OH is 1. The van der Waals surface area contributed by atoms with Gasteiger partial charge in [-0.15, -0.1) is 0 Å². The van der Waals surface area contributed by atoms with Gasteiger partial charge in [-0.3, -0.25) is 4.98 Å². The molecule has 1 heterocycles. The predicted octanol–water partition coefficient (Wildman–Crippen LogP) is 0.698. The predicted molar refractivity (Wildman–Crippen MR) is 48.7 cm³/mol. The number of rotatable bonds is 3. The summed E-state index contributed by atoms with van der Waals surface area (Å²) in [5.74, 6) is -1.90. The summed E-state index contributed by atoms with van der Waals surface area (Å²) in [6.07, 6.45) is 0.720. The van der Waals surface area contributed by atoms with Gasteiger partial charge in [0.15, 0.2) is 6.10 Å². The summed E-state index contributed by atoms with van der Waals surface area (Å²) in [4.78, 5) is 14.5. The Bertz CT molecular complexity index is 403. The number of pyridine rings is 1. The zero-order chi connectivity index (χ0) is 11.1. The van der Waals surface area contributed by atoms with Crippen LogP contribution in [0.25, 0.3) is 0 Å². The number of halogens is 1. The molecule has 1 aromatic heterocycles. The van der Waals surface area contributed by atoms with Gasteiger partial charge in [0.1, 0.15) is 5.82 Å². The highest BCUT2D eigenvalue weighted by atomic mass is 19.1. The van der Waals surface area contributed by atoms with Gasteiger partial charge < -0.3 is 10.2 Å². The second-order valence-corrected chi connectivity index (χ2v) is 3.73. The van der Waals surface area contributed by atoms with Gasteiger partial charge in [0, 0.05) is 6.20 Å². The van der Waals surface area contributed by atoms with Crippen LogP contribution in [0.1, 0.15) is 18.5 Å². The number of nitrogens with zero attached hydrogens (tertiary/aromatic N) is 1. The topological polar surface area (TPSA) is 70.4 Å². The number of aromatic nitrogens is 1. The van der Waals surface area contributed by atoms with Crippen LogP contribution in [0.4, 0.5) is 4.39 Å². The average Bonchev–Trinajstić information content (AvgIpc) is 2.98. The maximum absolute atomic E-state index is 13.4. The minimum atomic E-state index is -1.58. The van der Waals surface area contributed by atoms with E-state index >= 15 is 0 Å². The third kappa shape index (κ3) is 1.48. The molecule has 1 saturated carbocycles. The Hall–Kier alpha value is -1.49. The van der Waals surface area contributed by atoms with Crippen molar-refractivity contribution in [2.75, 3.05) is 0 Å². The highest BCUT2D eigenvalue weighted by Gasteiger charge is 2.56. The van der Waals surface area contributed by atoms with E-state index in [-0.39, 0.29) is 5.69 Å². The van der Waals surface area contributed by atoms with E-state index in [0.717, 1.165) is 0 Å². The first-order valence-electron chi connectivity index (χ1n) is 4.60. The van der Waals surface area contributed by atoms with Crippen LogP contribution in [-0.4, -0.2) is 27.3 Å². The van der Waals surface area contributed by atoms with Crippen LogP contribution in [0.3, 0.4) is 0 Å². The second-order valence-electron chi connectivity index (χ2n) is 3.73. The van der Waals surface area contributed by atoms with Crippen molar-refractivity contribution in [3.8, 4) is 0 Å². The molecule has 15 heavy (non-hydrogen) atoms. The maximum atomic E-state index is 13.4. The molecule has 0 spiro atoms. The Morgan fingerprint density at radius 3 is 2.73 bits per heavy atom. The van der Waals surface area contributed by atoms with Crippen molar-refractivity contribution in [3.05, 3.63) is 29.8 Å². The molecule has 5 heteroatoms. The standard InChI is InChI=1S/C10H10FNO3/c11-6-2-1-5-12-7(6)10(3-4-10)8(13)9(14)15/h1-2,5,8,13H,3-4H2,(H,14,15). The SMILES string of the molecule is O=C(O)C(O)C1(c2ncccc2F)CC1. The molecule has 4 nitrogen and oxygen atoms in total. The number of aliphatic carboxylic acids is 1. The highest BCUT2D eigenvalue weighted by Crippen LogP contribution is 2.50. The molecule has 1 aliphatic carbocycles. The lowest BCUT2D eigenvalue weighted by molar-refractivity contribution is -0.148. The van der Waals surface area contributed by atoms with Gasteiger partial charge in [0.05, 0.1) is 11.1 Å². The Kier molecular flexibility index (Phi) is 2.19. The van der Waals surface area contributed by atoms with E-state index in [2.05, 4.69) is 4.98 Å². The number of carbonyl (C=O) groups is 1. The summed E-state index contributed by atoms with van der Waals surface area (Å²) in [6, 6.07) is 2.65. The minimum Gasteiger partial charge on any atom is -0.479 e. The van der Waals surface area contributed by atoms with E-state index in [4.69, 9.17) is 5.11 Å². The van der Waals surface area contributed by atoms with E-state index in [9.17, 15) is 14.3 Å². The van der Waals surface area contributed by atoms with Gasteiger partial charge in [-0.05, 0) is 25.0 Å². The Labute approximate surface area is 85.4 Å². The van der Waals surface area contributed by atoms with Crippen LogP contribution in [0.15, 0.2) is 18.3 Å². The Balaban J connectivity index is 2.39. The van der Waals surface area contributed by atoms with Crippen molar-refractivity contribution in [2.24, 2.45) is 0 Å². The summed E-state index contributed by atoms with van der Waals surface area (Å²) in [6.45, 7) is 0. The molecule has 0 aromatic carbocycles. The van der Waals surface area contributed by atoms with Gasteiger partial charge in [0.2, 0.25) is 0 Å². The smallest absolute Gasteiger partial charge is 0.333 e. The van der Waals surface area contributed by atoms with Gasteiger partial charge >= 0.3 is 5.97 Å². The quantitative estimate of drug-likeness (QED) is 0.772. The van der Waals surface area contributed by atoms with Crippen molar-refractivity contribution in [3.63, 3.8) is 0 Å². The lowest BCUT2D eigenvalue weighted by Crippen LogP contribution is -2.35. The van der Waals surface area contributed by atoms with Crippen LogP contribution in [-0.2, 0) is 10.2 Å². The van der Waals surface area contributed by atoms with Gasteiger partial charge in [-0.2, -0.15) is 0 Å². The monoisotopic (exact) mass is 211 g/mol. The normalized spacial score (nSPS) is 19.6. The van der Waals surface area contributed by atoms with Crippen LogP contribution in [0.5, 0.6) is 0 Å². The maximum Gasteiger partial charge on any atom is 0.333 e. The molecule has 1 aliphatic rings. The fraction of sp³-hybridized carbons (Fsp3) is 0.400. The number of hydrogen-bond acceptors (Lipinski definition) is 3. The molecule has 0 amide bonds. The van der Waals surface area contributed by atoms with Gasteiger partial charge in [-0.25, -0.2) is 9.18 Å². The first-order chi connectivity index (χ1) is 7.08. The van der Waals surface area contributed by atoms with Crippen molar-refractivity contribution >= 4 is 5.97 Å². The zero-order valence-electron chi connectivity index (χ0n) is 7.85. The summed E-state index contributed by atoms with van der Waals surface area (Å²) in [5.41, 5.74) is -0.961. The summed E-state index contributed by atoms with van der Waals surface area (Å²) < 4.78 is 13.4. The molecule has 1 unspecified atom stereocenters. The third-order valence-corrected chi connectivity index (χ3v) is 2.78. The molecule has 1 aromatic rings. The van der Waals surface area contributed by atoms with E-state index in [0.29, 0.717) is 12.8 Å². The van der Waals surface area contributed by atoms with Gasteiger partial charge in [0.25, 0.3) is 0 Å². The van der Waals surface area contributed by atoms with Crippen molar-refractivity contribution in [2.45, 2.75) is 24.4 Å². The fourth-order valence-corrected chi connectivity index (χ4v) is 1.76. The molecule has 2 rings (SSSR count). The molecule has 2 N–H and O–H groups in total. The molecular formula is C10H10FNO3. The third-order valence-electron chi connectivity index (χ3n) is 2.78. The summed E-state index contributed by atoms with van der Waals surface area (Å²) in [5, 5.41) is 18.2. The minimum absolute atomic E-state index is 0.0555. The number of hydrogen-bond donors (Lipinski definition) is 2. The lowest BCUT2D eigenvalue weighted by atomic mass is 9.94. The number of carboxylic acids is 1. The molecule has 0 bridgehead atoms. The van der Waals surface area contributed by atoms with Crippen LogP contribution < -0.4 is 0 Å². The van der Waals surface area contributed by atoms with E-state index in [1.807, 2.05) is 0 Å². The first-order valence-corrected chi connectivity index (χ1v) is 4.60. The summed E-state index contributed by atoms with van der Waals surface area (Å²) >= 11 is 0. The van der Waals surface area contributed by atoms with E-state index in [1.54, 1.807) is 0 Å². The molecular weight excluding hydrogens is 201 g/mol. The van der Waals surface area contributed by atoms with Crippen LogP contribution in [0.2, 0.25) is 0 Å². The van der Waals surface area contributed by atoms with Crippen molar-refractivity contribution in [1.29, 1.82) is 0 Å². The largest absolute Gasteiger partial charge is 0.479 e. The second kappa shape index (κ2) is 3.27. The molecule has 1 atom stereocenters. The van der Waals surface area contributed by atoms with Crippen molar-refractivity contribution < 1.29 is 19.4 Å². The summed E-state index contributed by atoms with van der Waals surface area (Å²) in [7, 11) is 0. The molecule has 0 saturated heterocycles. The first kappa shape index (κ1) is 10.0. The number of aliphatic hydroxyl groups is 1. The molecule has 80 valence electrons. The lowest BCUT2D eigenvalue weighted by Gasteiger charge is -2.18. The van der Waals surface area contributed by atoms with Crippen LogP contribution >= 0.6 is 0 Å². The molecule has 0 radical (unpaired) electrons. The fourth-order valence-electron chi connectivity index (χ4n) is 1.76. The Morgan fingerprint density at radius 1 is 1.60 bits per heavy atom. The molecule has 0 aliphatic heterocycles. The average molecular weight is 211 g/mol. The van der Waals surface area contributed by atoms with Gasteiger partial charge in [-0.1, -0.05) is 0 Å². The molecule has 1 fully saturated rings. The zero-order valence-corrected chi connectivity index (χ0v) is 7.85. The highest BCUT2D eigenvalue weighted by molar-refractivity contribution is 5.75. The Morgan fingerprint density at radius 2 is 2.27 bits per heavy atom. The van der Waals surface area contributed by atoms with Crippen LogP contribution in [0, 0.1) is 5.82 Å². The number of carboxylic acid groups (broad SMARTS) is 1. The van der Waals surface area contributed by atoms with Crippen molar-refractivity contribution in [1.82, 2.24) is 4.98 Å². The van der Waals surface area contributed by atoms with E-state index in [1.165, 1.54) is 18.3 Å².